The van der Waals surface area contributed by atoms with E-state index in [1.165, 1.54) is 0 Å². The lowest BCUT2D eigenvalue weighted by Crippen LogP contribution is -2.48. The first-order chi connectivity index (χ1) is 15.9. The van der Waals surface area contributed by atoms with Gasteiger partial charge in [-0.2, -0.15) is 0 Å². The van der Waals surface area contributed by atoms with E-state index in [9.17, 15) is 0 Å². The number of allylic oxidation sites excluding steroid dienone is 3. The molecule has 0 spiro atoms. The smallest absolute Gasteiger partial charge is 0.203 e. The van der Waals surface area contributed by atoms with Gasteiger partial charge in [0.25, 0.3) is 0 Å². The fraction of sp³-hybridized carbons (Fsp3) is 0.444. The highest BCUT2D eigenvalue weighted by molar-refractivity contribution is 5.95. The van der Waals surface area contributed by atoms with Crippen LogP contribution in [0.5, 0.6) is 5.75 Å². The Morgan fingerprint density at radius 1 is 1.21 bits per heavy atom. The van der Waals surface area contributed by atoms with Crippen molar-refractivity contribution in [3.8, 4) is 5.75 Å². The van der Waals surface area contributed by atoms with Gasteiger partial charge in [-0.1, -0.05) is 32.1 Å². The molecule has 0 aromatic heterocycles. The number of likely N-dealkylation sites (N-methyl/N-ethyl adjacent to an activating group) is 1. The number of benzene rings is 1. The van der Waals surface area contributed by atoms with Gasteiger partial charge in [0.1, 0.15) is 12.4 Å². The predicted molar refractivity (Wildman–Crippen MR) is 135 cm³/mol. The van der Waals surface area contributed by atoms with Gasteiger partial charge in [0.15, 0.2) is 0 Å². The van der Waals surface area contributed by atoms with E-state index < -0.39 is 0 Å². The predicted octanol–water partition coefficient (Wildman–Crippen LogP) is 5.66. The molecule has 0 saturated carbocycles. The van der Waals surface area contributed by atoms with Crippen LogP contribution in [0.1, 0.15) is 39.7 Å². The van der Waals surface area contributed by atoms with Crippen LogP contribution in [0.4, 0.5) is 5.69 Å². The molecule has 1 atom stereocenters. The summed E-state index contributed by atoms with van der Waals surface area (Å²) in [5.74, 6) is 2.56. The van der Waals surface area contributed by atoms with Crippen LogP contribution in [0.2, 0.25) is 0 Å². The summed E-state index contributed by atoms with van der Waals surface area (Å²) in [6.07, 6.45) is 15.4. The molecule has 2 aliphatic heterocycles. The van der Waals surface area contributed by atoms with Gasteiger partial charge in [-0.15, -0.1) is 0 Å². The van der Waals surface area contributed by atoms with Gasteiger partial charge in [0.2, 0.25) is 5.96 Å². The zero-order valence-electron chi connectivity index (χ0n) is 20.5. The van der Waals surface area contributed by atoms with Crippen molar-refractivity contribution in [1.29, 1.82) is 0 Å². The maximum Gasteiger partial charge on any atom is 0.203 e. The molecule has 0 amide bonds. The molecule has 1 aromatic rings. The third kappa shape index (κ3) is 6.99. The van der Waals surface area contributed by atoms with E-state index in [1.54, 1.807) is 0 Å². The summed E-state index contributed by atoms with van der Waals surface area (Å²) in [5.41, 5.74) is 1.86. The van der Waals surface area contributed by atoms with Crippen molar-refractivity contribution < 1.29 is 14.2 Å². The SMILES string of the molecule is CCOc1ccc2cc1COC/C=C/CO/C(C)=C/C/C=C\C(C)(C)C1C=CN=C(N2)N1C. The first-order valence-electron chi connectivity index (χ1n) is 11.6. The number of guanidine groups is 1. The van der Waals surface area contributed by atoms with Crippen molar-refractivity contribution in [2.24, 2.45) is 10.4 Å². The number of rotatable bonds is 2. The Hall–Kier alpha value is -2.99. The summed E-state index contributed by atoms with van der Waals surface area (Å²) >= 11 is 0. The van der Waals surface area contributed by atoms with Crippen molar-refractivity contribution in [2.45, 2.75) is 46.8 Å². The lowest BCUT2D eigenvalue weighted by molar-refractivity contribution is 0.145. The second-order valence-corrected chi connectivity index (χ2v) is 8.80. The summed E-state index contributed by atoms with van der Waals surface area (Å²) in [4.78, 5) is 6.79. The number of nitrogens with one attached hydrogen (secondary N) is 1. The summed E-state index contributed by atoms with van der Waals surface area (Å²) in [5, 5.41) is 3.48. The molecular formula is C27H37N3O3. The molecule has 0 fully saturated rings. The Balaban J connectivity index is 1.88. The molecule has 0 aliphatic carbocycles. The van der Waals surface area contributed by atoms with Gasteiger partial charge in [0, 0.05) is 29.9 Å². The zero-order valence-corrected chi connectivity index (χ0v) is 20.5. The Kier molecular flexibility index (Phi) is 8.78. The van der Waals surface area contributed by atoms with E-state index >= 15 is 0 Å². The van der Waals surface area contributed by atoms with Gasteiger partial charge >= 0.3 is 0 Å². The lowest BCUT2D eigenvalue weighted by atomic mass is 9.82. The number of hydrogen-bond acceptors (Lipinski definition) is 6. The third-order valence-electron chi connectivity index (χ3n) is 5.73. The number of aliphatic imine (C=N–C) groups is 1. The van der Waals surface area contributed by atoms with Crippen molar-refractivity contribution >= 4 is 11.6 Å². The molecule has 6 heteroatoms. The molecular weight excluding hydrogens is 414 g/mol. The van der Waals surface area contributed by atoms with Gasteiger partial charge in [-0.25, -0.2) is 4.99 Å². The molecule has 178 valence electrons. The molecule has 6 nitrogen and oxygen atoms in total. The Morgan fingerprint density at radius 2 is 2.03 bits per heavy atom. The second kappa shape index (κ2) is 11.8. The second-order valence-electron chi connectivity index (χ2n) is 8.80. The van der Waals surface area contributed by atoms with Crippen molar-refractivity contribution in [3.63, 3.8) is 0 Å². The van der Waals surface area contributed by atoms with E-state index in [2.05, 4.69) is 66.5 Å². The topological polar surface area (TPSA) is 55.3 Å². The van der Waals surface area contributed by atoms with E-state index in [4.69, 9.17) is 14.2 Å². The van der Waals surface area contributed by atoms with Gasteiger partial charge in [-0.05, 0) is 56.7 Å². The van der Waals surface area contributed by atoms with E-state index in [1.807, 2.05) is 44.3 Å². The molecule has 3 rings (SSSR count). The van der Waals surface area contributed by atoms with E-state index in [0.29, 0.717) is 26.4 Å². The first kappa shape index (κ1) is 24.6. The highest BCUT2D eigenvalue weighted by atomic mass is 16.5. The maximum atomic E-state index is 5.87. The van der Waals surface area contributed by atoms with Crippen LogP contribution in [0.25, 0.3) is 0 Å². The van der Waals surface area contributed by atoms with Crippen LogP contribution in [-0.2, 0) is 16.1 Å². The molecule has 0 radical (unpaired) electrons. The minimum Gasteiger partial charge on any atom is -0.495 e. The normalized spacial score (nSPS) is 24.9. The number of ether oxygens (including phenoxy) is 3. The van der Waals surface area contributed by atoms with Crippen LogP contribution in [0.15, 0.2) is 71.6 Å². The molecule has 2 heterocycles. The molecule has 1 aromatic carbocycles. The monoisotopic (exact) mass is 451 g/mol. The van der Waals surface area contributed by atoms with Gasteiger partial charge < -0.3 is 24.4 Å². The van der Waals surface area contributed by atoms with Gasteiger partial charge in [0.05, 0.1) is 31.6 Å². The Morgan fingerprint density at radius 3 is 2.85 bits per heavy atom. The highest BCUT2D eigenvalue weighted by Gasteiger charge is 2.31. The number of nitrogens with zero attached hydrogens (tertiary/aromatic N) is 2. The summed E-state index contributed by atoms with van der Waals surface area (Å²) in [7, 11) is 2.07. The highest BCUT2D eigenvalue weighted by Crippen LogP contribution is 2.30. The first-order valence-corrected chi connectivity index (χ1v) is 11.6. The molecule has 2 aliphatic rings. The number of hydrogen-bond donors (Lipinski definition) is 1. The minimum atomic E-state index is -0.0852. The van der Waals surface area contributed by atoms with Crippen LogP contribution < -0.4 is 10.1 Å². The Labute approximate surface area is 198 Å². The molecule has 1 unspecified atom stereocenters. The van der Waals surface area contributed by atoms with Crippen LogP contribution in [0, 0.1) is 5.41 Å². The molecule has 1 N–H and O–H groups in total. The quantitative estimate of drug-likeness (QED) is 0.588. The summed E-state index contributed by atoms with van der Waals surface area (Å²) in [6.45, 7) is 10.6. The zero-order chi connectivity index (χ0) is 23.7. The van der Waals surface area contributed by atoms with E-state index in [0.717, 1.165) is 35.1 Å². The van der Waals surface area contributed by atoms with Crippen LogP contribution in [0.3, 0.4) is 0 Å². The number of fused-ring (bicyclic) bond motifs is 4. The third-order valence-corrected chi connectivity index (χ3v) is 5.73. The van der Waals surface area contributed by atoms with Crippen molar-refractivity contribution in [2.75, 3.05) is 32.2 Å². The fourth-order valence-electron chi connectivity index (χ4n) is 3.93. The van der Waals surface area contributed by atoms with Gasteiger partial charge in [-0.3, -0.25) is 0 Å². The summed E-state index contributed by atoms with van der Waals surface area (Å²) < 4.78 is 17.4. The largest absolute Gasteiger partial charge is 0.495 e. The molecule has 33 heavy (non-hydrogen) atoms. The standard InChI is InChI=1S/C27H37N3O3/c1-6-32-24-13-12-23-19-22(24)20-31-17-9-10-18-33-21(2)11-7-8-15-27(3,4)25-14-16-28-26(29-23)30(25)5/h8-16,19,25H,6-7,17-18,20H2,1-5H3,(H,28,29)/b10-9+,15-8-,21-11+. The molecule has 4 bridgehead atoms. The average molecular weight is 452 g/mol. The maximum absolute atomic E-state index is 5.87. The van der Waals surface area contributed by atoms with Crippen molar-refractivity contribution in [3.05, 3.63) is 72.2 Å². The average Bonchev–Trinajstić information content (AvgIpc) is 2.78. The molecule has 0 saturated heterocycles. The van der Waals surface area contributed by atoms with E-state index in [-0.39, 0.29) is 11.5 Å². The Bertz CT molecular complexity index is 944. The minimum absolute atomic E-state index is 0.0852. The van der Waals surface area contributed by atoms with Crippen LogP contribution in [-0.4, -0.2) is 43.8 Å². The van der Waals surface area contributed by atoms with Crippen molar-refractivity contribution in [1.82, 2.24) is 4.90 Å². The fourth-order valence-corrected chi connectivity index (χ4v) is 3.93. The lowest BCUT2D eigenvalue weighted by Gasteiger charge is -2.40. The number of anilines is 1. The van der Waals surface area contributed by atoms with Crippen LogP contribution >= 0.6 is 0 Å². The summed E-state index contributed by atoms with van der Waals surface area (Å²) in [6, 6.07) is 6.23.